The molecule has 0 aliphatic carbocycles. The molecule has 4 nitrogen and oxygen atoms in total. The van der Waals surface area contributed by atoms with E-state index in [1.54, 1.807) is 10.7 Å². The van der Waals surface area contributed by atoms with Crippen LogP contribution in [0.1, 0.15) is 49.9 Å². The Morgan fingerprint density at radius 3 is 2.82 bits per heavy atom. The van der Waals surface area contributed by atoms with Gasteiger partial charge < -0.3 is 0 Å². The number of thiophene rings is 1. The average Bonchev–Trinajstić information content (AvgIpc) is 2.92. The molecule has 0 N–H and O–H groups in total. The molecule has 0 bridgehead atoms. The summed E-state index contributed by atoms with van der Waals surface area (Å²) in [6.07, 6.45) is 1.06. The van der Waals surface area contributed by atoms with Crippen LogP contribution in [-0.4, -0.2) is 21.2 Å². The van der Waals surface area contributed by atoms with Crippen LogP contribution >= 0.6 is 11.3 Å². The summed E-state index contributed by atoms with van der Waals surface area (Å²) in [5.41, 5.74) is 2.27. The summed E-state index contributed by atoms with van der Waals surface area (Å²) in [5, 5.41) is 6.74. The van der Waals surface area contributed by atoms with Gasteiger partial charge in [0.05, 0.1) is 12.4 Å². The largest absolute Gasteiger partial charge is 0.277 e. The number of nitrogens with zero attached hydrogens (tertiary/aromatic N) is 3. The number of rotatable bonds is 2. The highest BCUT2D eigenvalue weighted by atomic mass is 32.1. The van der Waals surface area contributed by atoms with Crippen LogP contribution in [0.2, 0.25) is 0 Å². The molecule has 0 fully saturated rings. The summed E-state index contributed by atoms with van der Waals surface area (Å²) >= 11 is 1.84. The third-order valence-electron chi connectivity index (χ3n) is 4.35. The van der Waals surface area contributed by atoms with Crippen molar-refractivity contribution in [1.82, 2.24) is 14.7 Å². The Labute approximate surface area is 135 Å². The van der Waals surface area contributed by atoms with Gasteiger partial charge in [0.25, 0.3) is 5.56 Å². The first-order valence-electron chi connectivity index (χ1n) is 7.75. The Morgan fingerprint density at radius 2 is 2.09 bits per heavy atom. The molecule has 2 aromatic rings. The molecule has 118 valence electrons. The zero-order chi connectivity index (χ0) is 15.9. The first-order valence-corrected chi connectivity index (χ1v) is 8.63. The maximum Gasteiger partial charge on any atom is 0.267 e. The van der Waals surface area contributed by atoms with Crippen LogP contribution in [0.3, 0.4) is 0 Å². The lowest BCUT2D eigenvalue weighted by Gasteiger charge is -2.33. The molecular formula is C17H23N3OS. The highest BCUT2D eigenvalue weighted by molar-refractivity contribution is 7.10. The molecule has 0 radical (unpaired) electrons. The van der Waals surface area contributed by atoms with Gasteiger partial charge in [-0.25, -0.2) is 4.68 Å². The smallest absolute Gasteiger partial charge is 0.267 e. The standard InChI is InChI=1S/C17H23N3OS/c1-12-13-8-10-22-14(13)7-9-19(12)11-20-16(21)6-5-15(18-20)17(2,3)4/h5-6,8,10,12H,7,9,11H2,1-4H3/t12-/m0/s1. The van der Waals surface area contributed by atoms with Crippen molar-refractivity contribution in [3.8, 4) is 0 Å². The second-order valence-corrected chi connectivity index (χ2v) is 7.99. The van der Waals surface area contributed by atoms with Gasteiger partial charge in [-0.1, -0.05) is 20.8 Å². The molecular weight excluding hydrogens is 294 g/mol. The lowest BCUT2D eigenvalue weighted by Crippen LogP contribution is -2.39. The van der Waals surface area contributed by atoms with Crippen molar-refractivity contribution in [3.63, 3.8) is 0 Å². The lowest BCUT2D eigenvalue weighted by atomic mass is 9.92. The highest BCUT2D eigenvalue weighted by Gasteiger charge is 2.25. The quantitative estimate of drug-likeness (QED) is 0.854. The zero-order valence-electron chi connectivity index (χ0n) is 13.7. The average molecular weight is 317 g/mol. The van der Waals surface area contributed by atoms with Crippen molar-refractivity contribution in [2.45, 2.75) is 52.2 Å². The predicted octanol–water partition coefficient (Wildman–Crippen LogP) is 3.18. The summed E-state index contributed by atoms with van der Waals surface area (Å²) in [6.45, 7) is 10.1. The van der Waals surface area contributed by atoms with E-state index in [1.807, 2.05) is 17.4 Å². The number of hydrogen-bond acceptors (Lipinski definition) is 4. The van der Waals surface area contributed by atoms with Crippen LogP contribution in [0.4, 0.5) is 0 Å². The summed E-state index contributed by atoms with van der Waals surface area (Å²) in [6, 6.07) is 6.02. The molecule has 0 spiro atoms. The Bertz CT molecular complexity index is 726. The van der Waals surface area contributed by atoms with Gasteiger partial charge in [0.15, 0.2) is 0 Å². The van der Waals surface area contributed by atoms with Crippen LogP contribution in [0.15, 0.2) is 28.4 Å². The summed E-state index contributed by atoms with van der Waals surface area (Å²) < 4.78 is 1.61. The van der Waals surface area contributed by atoms with Crippen LogP contribution in [0.25, 0.3) is 0 Å². The normalized spacial score (nSPS) is 19.2. The summed E-state index contributed by atoms with van der Waals surface area (Å²) in [5.74, 6) is 0. The fourth-order valence-electron chi connectivity index (χ4n) is 2.88. The third kappa shape index (κ3) is 2.88. The van der Waals surface area contributed by atoms with E-state index in [-0.39, 0.29) is 11.0 Å². The summed E-state index contributed by atoms with van der Waals surface area (Å²) in [7, 11) is 0. The number of aromatic nitrogens is 2. The van der Waals surface area contributed by atoms with E-state index in [0.29, 0.717) is 12.7 Å². The summed E-state index contributed by atoms with van der Waals surface area (Å²) in [4.78, 5) is 16.0. The van der Waals surface area contributed by atoms with Gasteiger partial charge in [0.1, 0.15) is 0 Å². The van der Waals surface area contributed by atoms with Crippen LogP contribution in [-0.2, 0) is 18.5 Å². The molecule has 0 aromatic carbocycles. The maximum absolute atomic E-state index is 12.2. The molecule has 3 heterocycles. The third-order valence-corrected chi connectivity index (χ3v) is 5.35. The van der Waals surface area contributed by atoms with Gasteiger partial charge in [0.2, 0.25) is 0 Å². The second-order valence-electron chi connectivity index (χ2n) is 6.99. The van der Waals surface area contributed by atoms with Crippen LogP contribution in [0, 0.1) is 0 Å². The Hall–Kier alpha value is -1.46. The molecule has 2 aromatic heterocycles. The predicted molar refractivity (Wildman–Crippen MR) is 90.3 cm³/mol. The maximum atomic E-state index is 12.2. The van der Waals surface area contributed by atoms with E-state index in [4.69, 9.17) is 0 Å². The van der Waals surface area contributed by atoms with Gasteiger partial charge in [-0.05, 0) is 36.4 Å². The molecule has 1 aliphatic heterocycles. The highest BCUT2D eigenvalue weighted by Crippen LogP contribution is 2.32. The molecule has 0 amide bonds. The molecule has 1 atom stereocenters. The monoisotopic (exact) mass is 317 g/mol. The van der Waals surface area contributed by atoms with Crippen LogP contribution < -0.4 is 5.56 Å². The minimum Gasteiger partial charge on any atom is -0.277 e. The first kappa shape index (κ1) is 15.4. The lowest BCUT2D eigenvalue weighted by molar-refractivity contribution is 0.141. The molecule has 3 rings (SSSR count). The van der Waals surface area contributed by atoms with E-state index in [1.165, 1.54) is 10.4 Å². The minimum atomic E-state index is -0.0521. The number of fused-ring (bicyclic) bond motifs is 1. The molecule has 0 unspecified atom stereocenters. The van der Waals surface area contributed by atoms with Gasteiger partial charge in [-0.3, -0.25) is 9.69 Å². The topological polar surface area (TPSA) is 38.1 Å². The van der Waals surface area contributed by atoms with Gasteiger partial charge in [-0.2, -0.15) is 5.10 Å². The molecule has 0 saturated carbocycles. The number of hydrogen-bond donors (Lipinski definition) is 0. The molecule has 22 heavy (non-hydrogen) atoms. The molecule has 0 saturated heterocycles. The fraction of sp³-hybridized carbons (Fsp3) is 0.529. The van der Waals surface area contributed by atoms with Crippen LogP contribution in [0.5, 0.6) is 0 Å². The zero-order valence-corrected chi connectivity index (χ0v) is 14.5. The van der Waals surface area contributed by atoms with Crippen molar-refractivity contribution in [2.24, 2.45) is 0 Å². The van der Waals surface area contributed by atoms with Gasteiger partial charge in [0, 0.05) is 28.9 Å². The van der Waals surface area contributed by atoms with E-state index in [2.05, 4.69) is 49.1 Å². The van der Waals surface area contributed by atoms with Gasteiger partial charge in [-0.15, -0.1) is 11.3 Å². The van der Waals surface area contributed by atoms with E-state index in [0.717, 1.165) is 18.7 Å². The first-order chi connectivity index (χ1) is 10.4. The Kier molecular flexibility index (Phi) is 3.95. The molecule has 5 heteroatoms. The van der Waals surface area contributed by atoms with E-state index < -0.39 is 0 Å². The van der Waals surface area contributed by atoms with E-state index >= 15 is 0 Å². The Morgan fingerprint density at radius 1 is 1.32 bits per heavy atom. The van der Waals surface area contributed by atoms with Crippen molar-refractivity contribution in [2.75, 3.05) is 6.54 Å². The van der Waals surface area contributed by atoms with Crippen molar-refractivity contribution < 1.29 is 0 Å². The SMILES string of the molecule is C[C@H]1c2ccsc2CCN1Cn1nc(C(C)(C)C)ccc1=O. The fourth-order valence-corrected chi connectivity index (χ4v) is 3.84. The van der Waals surface area contributed by atoms with Crippen molar-refractivity contribution in [1.29, 1.82) is 0 Å². The molecule has 1 aliphatic rings. The van der Waals surface area contributed by atoms with Crippen molar-refractivity contribution in [3.05, 3.63) is 50.1 Å². The van der Waals surface area contributed by atoms with E-state index in [9.17, 15) is 4.79 Å². The van der Waals surface area contributed by atoms with Crippen molar-refractivity contribution >= 4 is 11.3 Å². The van der Waals surface area contributed by atoms with Gasteiger partial charge >= 0.3 is 0 Å². The second kappa shape index (κ2) is 5.63. The minimum absolute atomic E-state index is 0.0312. The Balaban J connectivity index is 1.86.